The number of alkyl halides is 3. The van der Waals surface area contributed by atoms with E-state index < -0.39 is 11.7 Å². The van der Waals surface area contributed by atoms with E-state index in [1.807, 2.05) is 25.1 Å². The Labute approximate surface area is 218 Å². The van der Waals surface area contributed by atoms with Crippen molar-refractivity contribution in [1.29, 1.82) is 0 Å². The zero-order chi connectivity index (χ0) is 27.3. The fourth-order valence-corrected chi connectivity index (χ4v) is 4.02. The van der Waals surface area contributed by atoms with Crippen molar-refractivity contribution in [1.82, 2.24) is 20.2 Å². The SMILES string of the molecule is CN(C)CC=CC(=O)NC1CC(Nc2ncnc(N)c2-c2ccc(Oc3cccc(C(F)(F)F)c3)cc2)C1. The number of likely N-dealkylation sites (N-methyl/N-ethyl adjacent to an activating group) is 1. The summed E-state index contributed by atoms with van der Waals surface area (Å²) in [5.74, 6) is 1.18. The highest BCUT2D eigenvalue weighted by molar-refractivity contribution is 5.88. The molecule has 0 aliphatic heterocycles. The Hall–Kier alpha value is -4.12. The maximum absolute atomic E-state index is 13.0. The fraction of sp³-hybridized carbons (Fsp3) is 0.296. The maximum atomic E-state index is 13.0. The van der Waals surface area contributed by atoms with Gasteiger partial charge < -0.3 is 26.0 Å². The van der Waals surface area contributed by atoms with E-state index in [1.54, 1.807) is 30.3 Å². The second-order valence-electron chi connectivity index (χ2n) is 9.32. The molecule has 200 valence electrons. The first-order valence-corrected chi connectivity index (χ1v) is 12.0. The van der Waals surface area contributed by atoms with Crippen LogP contribution in [0.1, 0.15) is 18.4 Å². The van der Waals surface area contributed by atoms with E-state index in [4.69, 9.17) is 10.5 Å². The van der Waals surface area contributed by atoms with Crippen molar-refractivity contribution < 1.29 is 22.7 Å². The number of benzene rings is 2. The Morgan fingerprint density at radius 3 is 2.53 bits per heavy atom. The van der Waals surface area contributed by atoms with Gasteiger partial charge in [0.05, 0.1) is 11.1 Å². The number of ether oxygens (including phenoxy) is 1. The second kappa shape index (κ2) is 11.5. The van der Waals surface area contributed by atoms with Crippen LogP contribution in [0.3, 0.4) is 0 Å². The highest BCUT2D eigenvalue weighted by atomic mass is 19.4. The molecule has 0 unspecified atom stereocenters. The van der Waals surface area contributed by atoms with E-state index in [2.05, 4.69) is 20.6 Å². The molecule has 1 fully saturated rings. The average Bonchev–Trinajstić information content (AvgIpc) is 2.83. The molecule has 0 atom stereocenters. The van der Waals surface area contributed by atoms with Crippen LogP contribution in [0.15, 0.2) is 67.0 Å². The van der Waals surface area contributed by atoms with Gasteiger partial charge in [-0.15, -0.1) is 0 Å². The summed E-state index contributed by atoms with van der Waals surface area (Å²) in [5.41, 5.74) is 6.72. The van der Waals surface area contributed by atoms with Crippen LogP contribution >= 0.6 is 0 Å². The number of carbonyl (C=O) groups is 1. The van der Waals surface area contributed by atoms with Crippen molar-refractivity contribution in [3.8, 4) is 22.6 Å². The molecule has 0 bridgehead atoms. The average molecular weight is 527 g/mol. The minimum atomic E-state index is -4.45. The van der Waals surface area contributed by atoms with E-state index in [-0.39, 0.29) is 29.6 Å². The van der Waals surface area contributed by atoms with Crippen molar-refractivity contribution in [2.45, 2.75) is 31.1 Å². The van der Waals surface area contributed by atoms with Crippen LogP contribution in [0.5, 0.6) is 11.5 Å². The molecule has 8 nitrogen and oxygen atoms in total. The molecular weight excluding hydrogens is 497 g/mol. The third-order valence-electron chi connectivity index (χ3n) is 5.98. The molecule has 4 N–H and O–H groups in total. The highest BCUT2D eigenvalue weighted by Gasteiger charge is 2.31. The minimum Gasteiger partial charge on any atom is -0.457 e. The van der Waals surface area contributed by atoms with Crippen LogP contribution in [-0.4, -0.2) is 53.5 Å². The number of aromatic nitrogens is 2. The lowest BCUT2D eigenvalue weighted by molar-refractivity contribution is -0.137. The molecule has 11 heteroatoms. The molecule has 0 spiro atoms. The highest BCUT2D eigenvalue weighted by Crippen LogP contribution is 2.36. The lowest BCUT2D eigenvalue weighted by Gasteiger charge is -2.36. The number of amides is 1. The van der Waals surface area contributed by atoms with Crippen molar-refractivity contribution in [2.24, 2.45) is 0 Å². The number of hydrogen-bond acceptors (Lipinski definition) is 7. The minimum absolute atomic E-state index is 0.0684. The molecule has 1 amide bonds. The predicted octanol–water partition coefficient (Wildman–Crippen LogP) is 4.71. The second-order valence-corrected chi connectivity index (χ2v) is 9.32. The first-order chi connectivity index (χ1) is 18.1. The van der Waals surface area contributed by atoms with Crippen molar-refractivity contribution >= 4 is 17.5 Å². The quantitative estimate of drug-likeness (QED) is 0.347. The van der Waals surface area contributed by atoms with Gasteiger partial charge in [0.1, 0.15) is 29.5 Å². The van der Waals surface area contributed by atoms with Crippen molar-refractivity contribution in [2.75, 3.05) is 31.7 Å². The van der Waals surface area contributed by atoms with Crippen molar-refractivity contribution in [3.05, 3.63) is 72.6 Å². The van der Waals surface area contributed by atoms with Gasteiger partial charge in [0.2, 0.25) is 5.91 Å². The standard InChI is InChI=1S/C27H29F3N6O2/c1-36(2)12-4-7-23(37)34-19-14-20(15-19)35-26-24(25(31)32-16-33-26)17-8-10-21(11-9-17)38-22-6-3-5-18(13-22)27(28,29)30/h3-11,13,16,19-20H,12,14-15H2,1-2H3,(H,34,37)(H3,31,32,33,35). The number of halogens is 3. The molecule has 1 saturated carbocycles. The van der Waals surface area contributed by atoms with E-state index >= 15 is 0 Å². The molecular formula is C27H29F3N6O2. The zero-order valence-electron chi connectivity index (χ0n) is 21.0. The summed E-state index contributed by atoms with van der Waals surface area (Å²) in [6.45, 7) is 0.693. The fourth-order valence-electron chi connectivity index (χ4n) is 4.02. The maximum Gasteiger partial charge on any atom is 0.416 e. The van der Waals surface area contributed by atoms with E-state index in [9.17, 15) is 18.0 Å². The topological polar surface area (TPSA) is 105 Å². The lowest BCUT2D eigenvalue weighted by atomic mass is 9.86. The molecule has 1 aliphatic rings. The van der Waals surface area contributed by atoms with Gasteiger partial charge in [-0.2, -0.15) is 13.2 Å². The largest absolute Gasteiger partial charge is 0.457 e. The number of nitrogen functional groups attached to an aromatic ring is 1. The predicted molar refractivity (Wildman–Crippen MR) is 140 cm³/mol. The molecule has 1 aromatic heterocycles. The van der Waals surface area contributed by atoms with Crippen LogP contribution in [-0.2, 0) is 11.0 Å². The number of anilines is 2. The Morgan fingerprint density at radius 2 is 1.84 bits per heavy atom. The molecule has 0 saturated heterocycles. The smallest absolute Gasteiger partial charge is 0.416 e. The van der Waals surface area contributed by atoms with Gasteiger partial charge in [-0.05, 0) is 62.8 Å². The third kappa shape index (κ3) is 7.00. The number of carbonyl (C=O) groups excluding carboxylic acids is 1. The molecule has 0 radical (unpaired) electrons. The van der Waals surface area contributed by atoms with Crippen LogP contribution in [0, 0.1) is 0 Å². The van der Waals surface area contributed by atoms with Gasteiger partial charge in [0.25, 0.3) is 0 Å². The summed E-state index contributed by atoms with van der Waals surface area (Å²) >= 11 is 0. The normalized spacial score (nSPS) is 17.3. The van der Waals surface area contributed by atoms with Gasteiger partial charge >= 0.3 is 6.18 Å². The summed E-state index contributed by atoms with van der Waals surface area (Å²) < 4.78 is 44.6. The monoisotopic (exact) mass is 526 g/mol. The molecule has 2 aromatic carbocycles. The van der Waals surface area contributed by atoms with Gasteiger partial charge in [0.15, 0.2) is 0 Å². The summed E-state index contributed by atoms with van der Waals surface area (Å²) in [4.78, 5) is 22.5. The third-order valence-corrected chi connectivity index (χ3v) is 5.98. The lowest BCUT2D eigenvalue weighted by Crippen LogP contribution is -2.49. The Kier molecular flexibility index (Phi) is 8.16. The molecule has 38 heavy (non-hydrogen) atoms. The Balaban J connectivity index is 1.39. The molecule has 1 heterocycles. The van der Waals surface area contributed by atoms with E-state index in [0.717, 1.165) is 30.5 Å². The summed E-state index contributed by atoms with van der Waals surface area (Å²) in [5, 5.41) is 6.36. The van der Waals surface area contributed by atoms with Crippen molar-refractivity contribution in [3.63, 3.8) is 0 Å². The van der Waals surface area contributed by atoms with E-state index in [0.29, 0.717) is 23.7 Å². The summed E-state index contributed by atoms with van der Waals surface area (Å²) in [7, 11) is 3.86. The van der Waals surface area contributed by atoms with Crippen LogP contribution in [0.25, 0.3) is 11.1 Å². The summed E-state index contributed by atoms with van der Waals surface area (Å²) in [6.07, 6.45) is 1.76. The number of nitrogens with zero attached hydrogens (tertiary/aromatic N) is 3. The number of nitrogens with two attached hydrogens (primary N) is 1. The van der Waals surface area contributed by atoms with Gasteiger partial charge in [-0.25, -0.2) is 9.97 Å². The first-order valence-electron chi connectivity index (χ1n) is 12.0. The number of hydrogen-bond donors (Lipinski definition) is 3. The molecule has 3 aromatic rings. The van der Waals surface area contributed by atoms with Gasteiger partial charge in [0, 0.05) is 24.7 Å². The zero-order valence-corrected chi connectivity index (χ0v) is 21.0. The number of rotatable bonds is 9. The molecule has 4 rings (SSSR count). The number of nitrogens with one attached hydrogen (secondary N) is 2. The summed E-state index contributed by atoms with van der Waals surface area (Å²) in [6, 6.07) is 11.6. The van der Waals surface area contributed by atoms with Gasteiger partial charge in [-0.3, -0.25) is 4.79 Å². The molecule has 1 aliphatic carbocycles. The first kappa shape index (κ1) is 26.9. The Morgan fingerprint density at radius 1 is 1.11 bits per heavy atom. The van der Waals surface area contributed by atoms with E-state index in [1.165, 1.54) is 18.5 Å². The van der Waals surface area contributed by atoms with Crippen LogP contribution < -0.4 is 21.1 Å². The van der Waals surface area contributed by atoms with Gasteiger partial charge in [-0.1, -0.05) is 24.3 Å². The van der Waals surface area contributed by atoms with Crippen LogP contribution in [0.4, 0.5) is 24.8 Å². The van der Waals surface area contributed by atoms with Crippen LogP contribution in [0.2, 0.25) is 0 Å². The Bertz CT molecular complexity index is 1290.